The van der Waals surface area contributed by atoms with Crippen molar-refractivity contribution < 1.29 is 0 Å². The average molecular weight is 252 g/mol. The summed E-state index contributed by atoms with van der Waals surface area (Å²) >= 11 is 1.83. The van der Waals surface area contributed by atoms with Crippen molar-refractivity contribution in [2.75, 3.05) is 0 Å². The summed E-state index contributed by atoms with van der Waals surface area (Å²) in [4.78, 5) is 4.76. The van der Waals surface area contributed by atoms with Crippen molar-refractivity contribution in [3.8, 4) is 0 Å². The molecule has 0 amide bonds. The van der Waals surface area contributed by atoms with Gasteiger partial charge in [-0.15, -0.1) is 11.3 Å². The van der Waals surface area contributed by atoms with Crippen LogP contribution in [0.2, 0.25) is 0 Å². The molecule has 0 aliphatic heterocycles. The first kappa shape index (κ1) is 13.0. The van der Waals surface area contributed by atoms with Gasteiger partial charge in [-0.25, -0.2) is 4.98 Å². The maximum Gasteiger partial charge on any atom is 0.113 e. The molecular formula is C14H24N2S. The molecule has 2 nitrogen and oxygen atoms in total. The van der Waals surface area contributed by atoms with Crippen LogP contribution >= 0.6 is 11.3 Å². The lowest BCUT2D eigenvalue weighted by Crippen LogP contribution is -2.43. The minimum atomic E-state index is 0.156. The number of hydrogen-bond acceptors (Lipinski definition) is 3. The molecule has 2 rings (SSSR count). The van der Waals surface area contributed by atoms with E-state index in [1.54, 1.807) is 0 Å². The van der Waals surface area contributed by atoms with Gasteiger partial charge >= 0.3 is 0 Å². The first-order valence-electron chi connectivity index (χ1n) is 6.90. The fourth-order valence-corrected chi connectivity index (χ4v) is 3.61. The van der Waals surface area contributed by atoms with Crippen LogP contribution in [0, 0.1) is 6.92 Å². The van der Waals surface area contributed by atoms with Crippen LogP contribution in [-0.4, -0.2) is 11.0 Å². The Morgan fingerprint density at radius 3 is 2.41 bits per heavy atom. The zero-order chi connectivity index (χ0) is 12.3. The molecule has 0 saturated heterocycles. The van der Waals surface area contributed by atoms with Gasteiger partial charge in [0.05, 0.1) is 5.54 Å². The molecule has 1 aliphatic carbocycles. The molecule has 0 atom stereocenters. The second kappa shape index (κ2) is 5.49. The van der Waals surface area contributed by atoms with E-state index in [0.717, 1.165) is 6.04 Å². The Labute approximate surface area is 109 Å². The zero-order valence-electron chi connectivity index (χ0n) is 11.3. The van der Waals surface area contributed by atoms with Crippen molar-refractivity contribution in [1.29, 1.82) is 0 Å². The third kappa shape index (κ3) is 3.08. The van der Waals surface area contributed by atoms with E-state index in [-0.39, 0.29) is 5.54 Å². The van der Waals surface area contributed by atoms with Crippen LogP contribution in [0.5, 0.6) is 0 Å². The Bertz CT molecular complexity index is 349. The third-order valence-electron chi connectivity index (χ3n) is 3.44. The maximum absolute atomic E-state index is 4.76. The minimum absolute atomic E-state index is 0.156. The molecule has 1 aliphatic rings. The highest BCUT2D eigenvalue weighted by Gasteiger charge is 2.38. The van der Waals surface area contributed by atoms with Crippen molar-refractivity contribution in [2.24, 2.45) is 0 Å². The summed E-state index contributed by atoms with van der Waals surface area (Å²) in [6, 6.07) is 0.748. The van der Waals surface area contributed by atoms with Gasteiger partial charge in [0, 0.05) is 17.1 Å². The SMILES string of the molecule is CCCC(CCC)(NC1CC1)c1nc(C)cs1. The molecule has 0 spiro atoms. The van der Waals surface area contributed by atoms with Crippen LogP contribution in [0.25, 0.3) is 0 Å². The Kier molecular flexibility index (Phi) is 4.21. The third-order valence-corrected chi connectivity index (χ3v) is 4.60. The topological polar surface area (TPSA) is 24.9 Å². The van der Waals surface area contributed by atoms with Gasteiger partial charge < -0.3 is 5.32 Å². The lowest BCUT2D eigenvalue weighted by atomic mass is 9.89. The Morgan fingerprint density at radius 1 is 1.35 bits per heavy atom. The lowest BCUT2D eigenvalue weighted by Gasteiger charge is -2.33. The minimum Gasteiger partial charge on any atom is -0.303 e. The summed E-state index contributed by atoms with van der Waals surface area (Å²) in [7, 11) is 0. The van der Waals surface area contributed by atoms with Crippen LogP contribution in [0.15, 0.2) is 5.38 Å². The highest BCUT2D eigenvalue weighted by Crippen LogP contribution is 2.37. The van der Waals surface area contributed by atoms with Gasteiger partial charge in [0.25, 0.3) is 0 Å². The summed E-state index contributed by atoms with van der Waals surface area (Å²) in [6.07, 6.45) is 7.56. The molecular weight excluding hydrogens is 228 g/mol. The molecule has 1 aromatic heterocycles. The van der Waals surface area contributed by atoms with Gasteiger partial charge in [-0.1, -0.05) is 26.7 Å². The fourth-order valence-electron chi connectivity index (χ4n) is 2.59. The van der Waals surface area contributed by atoms with E-state index < -0.39 is 0 Å². The van der Waals surface area contributed by atoms with Crippen LogP contribution in [0.4, 0.5) is 0 Å². The second-order valence-corrected chi connectivity index (χ2v) is 6.15. The molecule has 0 radical (unpaired) electrons. The Morgan fingerprint density at radius 2 is 2.00 bits per heavy atom. The number of aromatic nitrogens is 1. The fraction of sp³-hybridized carbons (Fsp3) is 0.786. The largest absolute Gasteiger partial charge is 0.303 e. The molecule has 1 saturated carbocycles. The molecule has 1 heterocycles. The van der Waals surface area contributed by atoms with Gasteiger partial charge in [-0.05, 0) is 32.6 Å². The van der Waals surface area contributed by atoms with Crippen molar-refractivity contribution in [3.05, 3.63) is 16.1 Å². The van der Waals surface area contributed by atoms with E-state index >= 15 is 0 Å². The smallest absolute Gasteiger partial charge is 0.113 e. The highest BCUT2D eigenvalue weighted by atomic mass is 32.1. The van der Waals surface area contributed by atoms with E-state index in [2.05, 4.69) is 31.5 Å². The molecule has 96 valence electrons. The molecule has 1 N–H and O–H groups in total. The summed E-state index contributed by atoms with van der Waals surface area (Å²) in [5, 5.41) is 7.38. The zero-order valence-corrected chi connectivity index (χ0v) is 12.1. The molecule has 17 heavy (non-hydrogen) atoms. The van der Waals surface area contributed by atoms with Gasteiger partial charge in [0.15, 0.2) is 0 Å². The first-order valence-corrected chi connectivity index (χ1v) is 7.78. The quantitative estimate of drug-likeness (QED) is 0.793. The summed E-state index contributed by atoms with van der Waals surface area (Å²) < 4.78 is 0. The molecule has 0 unspecified atom stereocenters. The number of aryl methyl sites for hydroxylation is 1. The number of nitrogens with one attached hydrogen (secondary N) is 1. The summed E-state index contributed by atoms with van der Waals surface area (Å²) in [6.45, 7) is 6.65. The number of nitrogens with zero attached hydrogens (tertiary/aromatic N) is 1. The number of rotatable bonds is 7. The predicted octanol–water partition coefficient (Wildman–Crippen LogP) is 4.00. The molecule has 0 bridgehead atoms. The maximum atomic E-state index is 4.76. The van der Waals surface area contributed by atoms with E-state index in [9.17, 15) is 0 Å². The first-order chi connectivity index (χ1) is 8.20. The monoisotopic (exact) mass is 252 g/mol. The van der Waals surface area contributed by atoms with E-state index in [0.29, 0.717) is 0 Å². The van der Waals surface area contributed by atoms with Crippen molar-refractivity contribution in [1.82, 2.24) is 10.3 Å². The summed E-state index contributed by atoms with van der Waals surface area (Å²) in [5.74, 6) is 0. The van der Waals surface area contributed by atoms with E-state index in [1.807, 2.05) is 11.3 Å². The van der Waals surface area contributed by atoms with Crippen molar-refractivity contribution in [2.45, 2.75) is 70.9 Å². The Balaban J connectivity index is 2.23. The summed E-state index contributed by atoms with van der Waals surface area (Å²) in [5.41, 5.74) is 1.32. The van der Waals surface area contributed by atoms with Crippen molar-refractivity contribution in [3.63, 3.8) is 0 Å². The van der Waals surface area contributed by atoms with Crippen LogP contribution in [0.1, 0.15) is 63.1 Å². The van der Waals surface area contributed by atoms with Crippen molar-refractivity contribution >= 4 is 11.3 Å². The van der Waals surface area contributed by atoms with E-state index in [1.165, 1.54) is 49.2 Å². The van der Waals surface area contributed by atoms with Gasteiger partial charge in [-0.3, -0.25) is 0 Å². The lowest BCUT2D eigenvalue weighted by molar-refractivity contribution is 0.275. The molecule has 0 aromatic carbocycles. The van der Waals surface area contributed by atoms with Gasteiger partial charge in [0.1, 0.15) is 5.01 Å². The van der Waals surface area contributed by atoms with Gasteiger partial charge in [-0.2, -0.15) is 0 Å². The Hall–Kier alpha value is -0.410. The van der Waals surface area contributed by atoms with E-state index in [4.69, 9.17) is 4.98 Å². The van der Waals surface area contributed by atoms with Crippen LogP contribution in [-0.2, 0) is 5.54 Å². The van der Waals surface area contributed by atoms with Crippen LogP contribution < -0.4 is 5.32 Å². The number of hydrogen-bond donors (Lipinski definition) is 1. The molecule has 3 heteroatoms. The average Bonchev–Trinajstić information content (AvgIpc) is 2.98. The second-order valence-electron chi connectivity index (χ2n) is 5.29. The molecule has 1 fully saturated rings. The standard InChI is InChI=1S/C14H24N2S/c1-4-8-14(9-5-2,16-12-6-7-12)13-15-11(3)10-17-13/h10,12,16H,4-9H2,1-3H3. The molecule has 1 aromatic rings. The van der Waals surface area contributed by atoms with Crippen LogP contribution in [0.3, 0.4) is 0 Å². The van der Waals surface area contributed by atoms with Gasteiger partial charge in [0.2, 0.25) is 0 Å². The highest BCUT2D eigenvalue weighted by molar-refractivity contribution is 7.09. The predicted molar refractivity (Wildman–Crippen MR) is 74.5 cm³/mol. The normalized spacial score (nSPS) is 16.4. The number of thiazole rings is 1.